The number of benzene rings is 1. The molecule has 0 aliphatic heterocycles. The minimum absolute atomic E-state index is 0.0252. The van der Waals surface area contributed by atoms with Crippen molar-refractivity contribution in [3.05, 3.63) is 29.3 Å². The third-order valence-corrected chi connectivity index (χ3v) is 2.38. The molecular weight excluding hydrogens is 194 g/mol. The molecule has 4 heteroatoms. The van der Waals surface area contributed by atoms with E-state index in [4.69, 9.17) is 10.5 Å². The topological polar surface area (TPSA) is 75.7 Å². The molecule has 2 atom stereocenters. The quantitative estimate of drug-likeness (QED) is 0.672. The summed E-state index contributed by atoms with van der Waals surface area (Å²) in [5.41, 5.74) is 6.86. The first-order valence-electron chi connectivity index (χ1n) is 4.81. The smallest absolute Gasteiger partial charge is 0.122 e. The molecule has 0 fully saturated rings. The maximum atomic E-state index is 9.71. The second-order valence-electron chi connectivity index (χ2n) is 3.48. The molecule has 1 aromatic rings. The Hall–Kier alpha value is -1.10. The van der Waals surface area contributed by atoms with Gasteiger partial charge in [0.2, 0.25) is 0 Å². The van der Waals surface area contributed by atoms with Crippen LogP contribution >= 0.6 is 0 Å². The molecule has 15 heavy (non-hydrogen) atoms. The maximum absolute atomic E-state index is 9.71. The summed E-state index contributed by atoms with van der Waals surface area (Å²) >= 11 is 0. The zero-order valence-corrected chi connectivity index (χ0v) is 8.97. The van der Waals surface area contributed by atoms with E-state index in [2.05, 4.69) is 0 Å². The zero-order chi connectivity index (χ0) is 11.4. The molecule has 0 heterocycles. The molecule has 0 aliphatic carbocycles. The molecule has 4 nitrogen and oxygen atoms in total. The molecule has 0 saturated carbocycles. The van der Waals surface area contributed by atoms with E-state index in [1.165, 1.54) is 0 Å². The van der Waals surface area contributed by atoms with E-state index in [-0.39, 0.29) is 6.54 Å². The summed E-state index contributed by atoms with van der Waals surface area (Å²) in [6, 6.07) is 5.29. The first-order valence-corrected chi connectivity index (χ1v) is 4.81. The van der Waals surface area contributed by atoms with E-state index < -0.39 is 12.2 Å². The lowest BCUT2D eigenvalue weighted by Crippen LogP contribution is -2.27. The van der Waals surface area contributed by atoms with Crippen molar-refractivity contribution < 1.29 is 14.9 Å². The molecule has 0 saturated heterocycles. The Morgan fingerprint density at radius 3 is 2.60 bits per heavy atom. The largest absolute Gasteiger partial charge is 0.496 e. The molecule has 4 N–H and O–H groups in total. The minimum atomic E-state index is -0.968. The van der Waals surface area contributed by atoms with Gasteiger partial charge in [0.25, 0.3) is 0 Å². The van der Waals surface area contributed by atoms with Crippen LogP contribution in [-0.4, -0.2) is 30.0 Å². The Bertz CT molecular complexity index is 328. The lowest BCUT2D eigenvalue weighted by Gasteiger charge is -2.17. The number of hydrogen-bond donors (Lipinski definition) is 3. The van der Waals surface area contributed by atoms with Crippen LogP contribution in [0.15, 0.2) is 18.2 Å². The van der Waals surface area contributed by atoms with Gasteiger partial charge in [-0.25, -0.2) is 0 Å². The fourth-order valence-electron chi connectivity index (χ4n) is 1.37. The van der Waals surface area contributed by atoms with Crippen LogP contribution in [0, 0.1) is 6.92 Å². The molecule has 1 aromatic carbocycles. The molecule has 2 unspecified atom stereocenters. The Morgan fingerprint density at radius 1 is 1.40 bits per heavy atom. The lowest BCUT2D eigenvalue weighted by molar-refractivity contribution is 0.0242. The van der Waals surface area contributed by atoms with Gasteiger partial charge in [0.05, 0.1) is 13.2 Å². The van der Waals surface area contributed by atoms with Crippen LogP contribution in [0.1, 0.15) is 17.2 Å². The highest BCUT2D eigenvalue weighted by Gasteiger charge is 2.17. The van der Waals surface area contributed by atoms with Gasteiger partial charge >= 0.3 is 0 Å². The zero-order valence-electron chi connectivity index (χ0n) is 8.97. The van der Waals surface area contributed by atoms with Crippen LogP contribution in [0.5, 0.6) is 5.75 Å². The van der Waals surface area contributed by atoms with Gasteiger partial charge in [-0.15, -0.1) is 0 Å². The summed E-state index contributed by atoms with van der Waals surface area (Å²) in [5, 5.41) is 19.1. The summed E-state index contributed by atoms with van der Waals surface area (Å²) < 4.78 is 5.13. The molecule has 0 spiro atoms. The van der Waals surface area contributed by atoms with E-state index >= 15 is 0 Å². The third-order valence-electron chi connectivity index (χ3n) is 2.38. The van der Waals surface area contributed by atoms with E-state index in [0.717, 1.165) is 5.56 Å². The van der Waals surface area contributed by atoms with Gasteiger partial charge in [0.1, 0.15) is 11.9 Å². The normalized spacial score (nSPS) is 14.7. The van der Waals surface area contributed by atoms with E-state index in [9.17, 15) is 10.2 Å². The SMILES string of the molecule is COc1cc(C(O)C(O)CN)ccc1C. The van der Waals surface area contributed by atoms with Crippen molar-refractivity contribution in [3.63, 3.8) is 0 Å². The van der Waals surface area contributed by atoms with Gasteiger partial charge in [-0.3, -0.25) is 0 Å². The second-order valence-corrected chi connectivity index (χ2v) is 3.48. The van der Waals surface area contributed by atoms with Crippen molar-refractivity contribution in [1.29, 1.82) is 0 Å². The molecule has 0 radical (unpaired) electrons. The van der Waals surface area contributed by atoms with Crippen molar-refractivity contribution in [2.45, 2.75) is 19.1 Å². The Morgan fingerprint density at radius 2 is 2.07 bits per heavy atom. The van der Waals surface area contributed by atoms with Crippen LogP contribution < -0.4 is 10.5 Å². The van der Waals surface area contributed by atoms with Crippen LogP contribution in [0.2, 0.25) is 0 Å². The Balaban J connectivity index is 2.95. The van der Waals surface area contributed by atoms with Gasteiger partial charge in [-0.05, 0) is 24.1 Å². The van der Waals surface area contributed by atoms with Gasteiger partial charge in [-0.1, -0.05) is 12.1 Å². The molecule has 0 aromatic heterocycles. The first-order chi connectivity index (χ1) is 7.10. The lowest BCUT2D eigenvalue weighted by atomic mass is 10.0. The predicted molar refractivity (Wildman–Crippen MR) is 57.8 cm³/mol. The number of rotatable bonds is 4. The standard InChI is InChI=1S/C11H17NO3/c1-7-3-4-8(5-10(7)15-2)11(14)9(13)6-12/h3-5,9,11,13-14H,6,12H2,1-2H3. The van der Waals surface area contributed by atoms with Crippen molar-refractivity contribution in [2.24, 2.45) is 5.73 Å². The van der Waals surface area contributed by atoms with E-state index in [0.29, 0.717) is 11.3 Å². The molecule has 0 bridgehead atoms. The van der Waals surface area contributed by atoms with Crippen molar-refractivity contribution in [3.8, 4) is 5.75 Å². The number of aliphatic hydroxyl groups is 2. The van der Waals surface area contributed by atoms with E-state index in [1.807, 2.05) is 13.0 Å². The number of nitrogens with two attached hydrogens (primary N) is 1. The number of methoxy groups -OCH3 is 1. The van der Waals surface area contributed by atoms with Crippen LogP contribution in [0.3, 0.4) is 0 Å². The fraction of sp³-hybridized carbons (Fsp3) is 0.455. The first kappa shape index (κ1) is 12.0. The second kappa shape index (κ2) is 5.11. The Kier molecular flexibility index (Phi) is 4.08. The fourth-order valence-corrected chi connectivity index (χ4v) is 1.37. The monoisotopic (exact) mass is 211 g/mol. The van der Waals surface area contributed by atoms with Crippen LogP contribution in [-0.2, 0) is 0 Å². The molecule has 0 amide bonds. The highest BCUT2D eigenvalue weighted by Crippen LogP contribution is 2.24. The average molecular weight is 211 g/mol. The molecule has 1 rings (SSSR count). The van der Waals surface area contributed by atoms with Crippen molar-refractivity contribution in [2.75, 3.05) is 13.7 Å². The molecular formula is C11H17NO3. The van der Waals surface area contributed by atoms with Crippen LogP contribution in [0.4, 0.5) is 0 Å². The predicted octanol–water partition coefficient (Wildman–Crippen LogP) is 0.357. The summed E-state index contributed by atoms with van der Waals surface area (Å²) in [6.45, 7) is 1.94. The number of aryl methyl sites for hydroxylation is 1. The van der Waals surface area contributed by atoms with Gasteiger partial charge in [0, 0.05) is 6.54 Å². The average Bonchev–Trinajstić information content (AvgIpc) is 2.27. The van der Waals surface area contributed by atoms with Crippen molar-refractivity contribution in [1.82, 2.24) is 0 Å². The molecule has 84 valence electrons. The third kappa shape index (κ3) is 2.68. The van der Waals surface area contributed by atoms with Gasteiger partial charge in [-0.2, -0.15) is 0 Å². The van der Waals surface area contributed by atoms with Gasteiger partial charge in [0.15, 0.2) is 0 Å². The number of hydrogen-bond acceptors (Lipinski definition) is 4. The Labute approximate surface area is 89.3 Å². The summed E-state index contributed by atoms with van der Waals surface area (Å²) in [5.74, 6) is 0.691. The number of ether oxygens (including phenoxy) is 1. The number of aliphatic hydroxyl groups excluding tert-OH is 2. The molecule has 0 aliphatic rings. The highest BCUT2D eigenvalue weighted by atomic mass is 16.5. The summed E-state index contributed by atoms with van der Waals surface area (Å²) in [6.07, 6.45) is -1.91. The maximum Gasteiger partial charge on any atom is 0.122 e. The van der Waals surface area contributed by atoms with E-state index in [1.54, 1.807) is 19.2 Å². The van der Waals surface area contributed by atoms with Crippen LogP contribution in [0.25, 0.3) is 0 Å². The minimum Gasteiger partial charge on any atom is -0.496 e. The summed E-state index contributed by atoms with van der Waals surface area (Å²) in [7, 11) is 1.57. The van der Waals surface area contributed by atoms with Crippen molar-refractivity contribution >= 4 is 0 Å². The highest BCUT2D eigenvalue weighted by molar-refractivity contribution is 5.37. The summed E-state index contributed by atoms with van der Waals surface area (Å²) in [4.78, 5) is 0. The van der Waals surface area contributed by atoms with Gasteiger partial charge < -0.3 is 20.7 Å².